The molecule has 4 nitrogen and oxygen atoms in total. The number of likely N-dealkylation sites (tertiary alicyclic amines) is 1. The molecule has 1 fully saturated rings. The van der Waals surface area contributed by atoms with E-state index >= 15 is 0 Å². The fourth-order valence-corrected chi connectivity index (χ4v) is 3.35. The van der Waals surface area contributed by atoms with Gasteiger partial charge < -0.3 is 5.32 Å². The number of pyridine rings is 2. The van der Waals surface area contributed by atoms with E-state index in [0.717, 1.165) is 31.2 Å². The maximum atomic E-state index is 4.40. The smallest absolute Gasteiger partial charge is 0.130 e. The molecule has 22 heavy (non-hydrogen) atoms. The summed E-state index contributed by atoms with van der Waals surface area (Å²) < 4.78 is 0. The third-order valence-electron chi connectivity index (χ3n) is 4.37. The Kier molecular flexibility index (Phi) is 5.01. The predicted molar refractivity (Wildman–Crippen MR) is 89.7 cm³/mol. The van der Waals surface area contributed by atoms with Gasteiger partial charge in [0, 0.05) is 44.3 Å². The zero-order chi connectivity index (χ0) is 15.2. The fraction of sp³-hybridized carbons (Fsp3) is 0.444. The Morgan fingerprint density at radius 1 is 1.27 bits per heavy atom. The predicted octanol–water partition coefficient (Wildman–Crippen LogP) is 2.97. The second-order valence-corrected chi connectivity index (χ2v) is 6.07. The normalized spacial score (nSPS) is 19.0. The van der Waals surface area contributed by atoms with Crippen molar-refractivity contribution < 1.29 is 0 Å². The summed E-state index contributed by atoms with van der Waals surface area (Å²) in [7, 11) is 1.94. The first kappa shape index (κ1) is 15.0. The Morgan fingerprint density at radius 3 is 3.00 bits per heavy atom. The van der Waals surface area contributed by atoms with E-state index in [-0.39, 0.29) is 0 Å². The summed E-state index contributed by atoms with van der Waals surface area (Å²) in [5.74, 6) is 1.73. The van der Waals surface area contributed by atoms with Crippen molar-refractivity contribution in [1.29, 1.82) is 0 Å². The van der Waals surface area contributed by atoms with Crippen molar-refractivity contribution in [3.05, 3.63) is 54.0 Å². The number of hydrogen-bond donors (Lipinski definition) is 1. The first-order chi connectivity index (χ1) is 10.8. The van der Waals surface area contributed by atoms with E-state index in [1.54, 1.807) is 0 Å². The van der Waals surface area contributed by atoms with E-state index in [0.29, 0.717) is 0 Å². The molecule has 2 aromatic heterocycles. The summed E-state index contributed by atoms with van der Waals surface area (Å²) in [6.07, 6.45) is 9.42. The maximum absolute atomic E-state index is 4.40. The van der Waals surface area contributed by atoms with Gasteiger partial charge in [-0.1, -0.05) is 12.1 Å². The number of aromatic nitrogens is 2. The number of hydrogen-bond acceptors (Lipinski definition) is 4. The molecule has 1 aliphatic rings. The number of rotatable bonds is 5. The Bertz CT molecular complexity index is 585. The van der Waals surface area contributed by atoms with Gasteiger partial charge in [-0.2, -0.15) is 0 Å². The molecule has 3 rings (SSSR count). The number of piperidine rings is 1. The van der Waals surface area contributed by atoms with Crippen LogP contribution in [0.4, 0.5) is 5.82 Å². The van der Waals surface area contributed by atoms with Gasteiger partial charge in [-0.05, 0) is 49.4 Å². The van der Waals surface area contributed by atoms with Gasteiger partial charge in [0.2, 0.25) is 0 Å². The first-order valence-corrected chi connectivity index (χ1v) is 8.08. The number of nitrogens with zero attached hydrogens (tertiary/aromatic N) is 3. The van der Waals surface area contributed by atoms with Gasteiger partial charge in [-0.15, -0.1) is 0 Å². The highest BCUT2D eigenvalue weighted by Crippen LogP contribution is 2.23. The first-order valence-electron chi connectivity index (χ1n) is 8.08. The number of nitrogens with one attached hydrogen (secondary N) is 1. The summed E-state index contributed by atoms with van der Waals surface area (Å²) in [4.78, 5) is 11.2. The Hall–Kier alpha value is -1.94. The molecule has 1 atom stereocenters. The van der Waals surface area contributed by atoms with E-state index in [2.05, 4.69) is 32.3 Å². The lowest BCUT2D eigenvalue weighted by Crippen LogP contribution is -2.35. The minimum Gasteiger partial charge on any atom is -0.373 e. The molecule has 2 aromatic rings. The zero-order valence-corrected chi connectivity index (χ0v) is 13.2. The molecule has 0 spiro atoms. The van der Waals surface area contributed by atoms with Crippen molar-refractivity contribution in [3.63, 3.8) is 0 Å². The van der Waals surface area contributed by atoms with Crippen LogP contribution in [0, 0.1) is 5.92 Å². The van der Waals surface area contributed by atoms with Gasteiger partial charge >= 0.3 is 0 Å². The molecule has 4 heteroatoms. The molecule has 0 saturated carbocycles. The standard InChI is InChI=1S/C18H24N4/c1-19-18-17(7-3-9-21-18)14-22-10-4-6-16(13-22)11-15-5-2-8-20-12-15/h2-3,5,7-9,12,16H,4,6,10-11,13-14H2,1H3,(H,19,21)/t16-/m1/s1. The topological polar surface area (TPSA) is 41.1 Å². The molecule has 0 unspecified atom stereocenters. The summed E-state index contributed by atoms with van der Waals surface area (Å²) in [6, 6.07) is 8.41. The Labute approximate surface area is 132 Å². The van der Waals surface area contributed by atoms with Gasteiger partial charge in [-0.25, -0.2) is 4.98 Å². The summed E-state index contributed by atoms with van der Waals surface area (Å²) in [5, 5.41) is 3.19. The highest BCUT2D eigenvalue weighted by atomic mass is 15.1. The van der Waals surface area contributed by atoms with Crippen molar-refractivity contribution in [3.8, 4) is 0 Å². The molecule has 0 amide bonds. The van der Waals surface area contributed by atoms with Crippen LogP contribution in [0.5, 0.6) is 0 Å². The van der Waals surface area contributed by atoms with Crippen LogP contribution in [0.3, 0.4) is 0 Å². The van der Waals surface area contributed by atoms with Crippen LogP contribution in [-0.2, 0) is 13.0 Å². The third-order valence-corrected chi connectivity index (χ3v) is 4.37. The summed E-state index contributed by atoms with van der Waals surface area (Å²) >= 11 is 0. The van der Waals surface area contributed by atoms with E-state index < -0.39 is 0 Å². The second kappa shape index (κ2) is 7.36. The average molecular weight is 296 g/mol. The van der Waals surface area contributed by atoms with Gasteiger partial charge in [0.25, 0.3) is 0 Å². The average Bonchev–Trinajstić information content (AvgIpc) is 2.57. The molecule has 1 aliphatic heterocycles. The molecule has 1 N–H and O–H groups in total. The highest BCUT2D eigenvalue weighted by molar-refractivity contribution is 5.42. The van der Waals surface area contributed by atoms with Gasteiger partial charge in [0.1, 0.15) is 5.82 Å². The molecule has 0 aliphatic carbocycles. The van der Waals surface area contributed by atoms with Crippen molar-refractivity contribution in [2.75, 3.05) is 25.5 Å². The Balaban J connectivity index is 1.61. The van der Waals surface area contributed by atoms with Crippen molar-refractivity contribution in [2.24, 2.45) is 5.92 Å². The van der Waals surface area contributed by atoms with Crippen molar-refractivity contribution in [2.45, 2.75) is 25.8 Å². The zero-order valence-electron chi connectivity index (χ0n) is 13.2. The Morgan fingerprint density at radius 2 is 2.18 bits per heavy atom. The van der Waals surface area contributed by atoms with Crippen LogP contribution in [0.1, 0.15) is 24.0 Å². The van der Waals surface area contributed by atoms with Crippen LogP contribution in [0.2, 0.25) is 0 Å². The molecular formula is C18H24N4. The van der Waals surface area contributed by atoms with E-state index in [1.807, 2.05) is 37.8 Å². The largest absolute Gasteiger partial charge is 0.373 e. The summed E-state index contributed by atoms with van der Waals surface area (Å²) in [6.45, 7) is 3.32. The summed E-state index contributed by atoms with van der Waals surface area (Å²) in [5.41, 5.74) is 2.64. The van der Waals surface area contributed by atoms with E-state index in [4.69, 9.17) is 0 Å². The van der Waals surface area contributed by atoms with Crippen LogP contribution >= 0.6 is 0 Å². The minimum absolute atomic E-state index is 0.729. The van der Waals surface area contributed by atoms with Crippen LogP contribution in [-0.4, -0.2) is 35.0 Å². The highest BCUT2D eigenvalue weighted by Gasteiger charge is 2.21. The molecule has 0 aromatic carbocycles. The van der Waals surface area contributed by atoms with Crippen LogP contribution in [0.15, 0.2) is 42.9 Å². The lowest BCUT2D eigenvalue weighted by molar-refractivity contribution is 0.167. The second-order valence-electron chi connectivity index (χ2n) is 6.07. The van der Waals surface area contributed by atoms with Crippen LogP contribution < -0.4 is 5.32 Å². The van der Waals surface area contributed by atoms with Gasteiger partial charge in [-0.3, -0.25) is 9.88 Å². The molecule has 0 bridgehead atoms. The SMILES string of the molecule is CNc1ncccc1CN1CCC[C@H](Cc2cccnc2)C1. The van der Waals surface area contributed by atoms with Gasteiger partial charge in [0.15, 0.2) is 0 Å². The third kappa shape index (κ3) is 3.83. The lowest BCUT2D eigenvalue weighted by atomic mass is 9.91. The molecule has 0 radical (unpaired) electrons. The number of anilines is 1. The molecule has 3 heterocycles. The van der Waals surface area contributed by atoms with Crippen molar-refractivity contribution >= 4 is 5.82 Å². The lowest BCUT2D eigenvalue weighted by Gasteiger charge is -2.33. The fourth-order valence-electron chi connectivity index (χ4n) is 3.35. The molecule has 116 valence electrons. The van der Waals surface area contributed by atoms with E-state index in [1.165, 1.54) is 30.5 Å². The monoisotopic (exact) mass is 296 g/mol. The van der Waals surface area contributed by atoms with E-state index in [9.17, 15) is 0 Å². The van der Waals surface area contributed by atoms with Crippen LogP contribution in [0.25, 0.3) is 0 Å². The van der Waals surface area contributed by atoms with Crippen molar-refractivity contribution in [1.82, 2.24) is 14.9 Å². The van der Waals surface area contributed by atoms with Gasteiger partial charge in [0.05, 0.1) is 0 Å². The quantitative estimate of drug-likeness (QED) is 0.921. The molecule has 1 saturated heterocycles. The maximum Gasteiger partial charge on any atom is 0.130 e. The molecular weight excluding hydrogens is 272 g/mol. The minimum atomic E-state index is 0.729.